The number of aromatic amines is 2. The van der Waals surface area contributed by atoms with Crippen LogP contribution in [0.5, 0.6) is 0 Å². The first-order chi connectivity index (χ1) is 14.8. The zero-order valence-electron chi connectivity index (χ0n) is 16.8. The van der Waals surface area contributed by atoms with Gasteiger partial charge < -0.3 is 15.1 Å². The molecular weight excluding hydrogens is 418 g/mol. The van der Waals surface area contributed by atoms with Crippen molar-refractivity contribution in [2.75, 3.05) is 7.05 Å². The van der Waals surface area contributed by atoms with Crippen molar-refractivity contribution in [3.05, 3.63) is 76.2 Å². The minimum absolute atomic E-state index is 0.0946. The van der Waals surface area contributed by atoms with Gasteiger partial charge in [0.1, 0.15) is 5.52 Å². The summed E-state index contributed by atoms with van der Waals surface area (Å²) in [6, 6.07) is 13.8. The molecule has 3 N–H and O–H groups in total. The summed E-state index contributed by atoms with van der Waals surface area (Å²) in [5.74, 6) is -0.950. The van der Waals surface area contributed by atoms with Crippen molar-refractivity contribution in [3.8, 4) is 0 Å². The fourth-order valence-corrected chi connectivity index (χ4v) is 4.87. The molecule has 0 saturated carbocycles. The van der Waals surface area contributed by atoms with E-state index in [1.54, 1.807) is 12.3 Å². The number of carboxylic acid groups (broad SMARTS) is 1. The lowest BCUT2D eigenvalue weighted by Crippen LogP contribution is -2.26. The minimum Gasteiger partial charge on any atom is -0.481 e. The molecule has 0 saturated heterocycles. The second-order valence-electron chi connectivity index (χ2n) is 7.37. The number of aryl methyl sites for hydroxylation is 1. The molecule has 2 heterocycles. The van der Waals surface area contributed by atoms with Gasteiger partial charge in [-0.15, -0.1) is 0 Å². The quantitative estimate of drug-likeness (QED) is 0.409. The third-order valence-electron chi connectivity index (χ3n) is 5.26. The number of hydrogen-bond acceptors (Lipinski definition) is 4. The Labute approximate surface area is 178 Å². The lowest BCUT2D eigenvalue weighted by atomic mass is 10.0. The van der Waals surface area contributed by atoms with Gasteiger partial charge in [-0.2, -0.15) is 4.31 Å². The molecule has 8 nitrogen and oxygen atoms in total. The lowest BCUT2D eigenvalue weighted by molar-refractivity contribution is -0.136. The van der Waals surface area contributed by atoms with E-state index >= 15 is 0 Å². The highest BCUT2D eigenvalue weighted by Crippen LogP contribution is 2.28. The van der Waals surface area contributed by atoms with Crippen molar-refractivity contribution in [3.63, 3.8) is 0 Å². The number of aliphatic carboxylic acids is 1. The third-order valence-corrected chi connectivity index (χ3v) is 7.06. The van der Waals surface area contributed by atoms with Gasteiger partial charge in [-0.1, -0.05) is 30.3 Å². The van der Waals surface area contributed by atoms with Crippen LogP contribution in [0.4, 0.5) is 0 Å². The smallest absolute Gasteiger partial charge is 0.303 e. The van der Waals surface area contributed by atoms with Crippen LogP contribution in [0.15, 0.2) is 64.4 Å². The van der Waals surface area contributed by atoms with E-state index in [4.69, 9.17) is 5.11 Å². The highest BCUT2D eigenvalue weighted by Gasteiger charge is 2.22. The molecule has 2 aromatic heterocycles. The fourth-order valence-electron chi connectivity index (χ4n) is 3.68. The number of hydrogen-bond donors (Lipinski definition) is 3. The van der Waals surface area contributed by atoms with Gasteiger partial charge in [0, 0.05) is 42.5 Å². The zero-order valence-corrected chi connectivity index (χ0v) is 17.6. The molecule has 0 spiro atoms. The maximum atomic E-state index is 13.2. The van der Waals surface area contributed by atoms with E-state index in [0.29, 0.717) is 27.4 Å². The van der Waals surface area contributed by atoms with Crippen LogP contribution in [0.1, 0.15) is 17.5 Å². The number of pyridine rings is 1. The standard InChI is InChI=1S/C22H21N3O5S/c1-25(13-14-5-3-2-4-6-14)31(29,30)16-8-9-18-17(11-16)20-15(7-10-19(26)27)12-23-21(20)22(28)24-18/h2-6,8-9,11-12,23H,7,10,13H2,1H3,(H,24,28)(H,26,27). The van der Waals surface area contributed by atoms with E-state index in [1.807, 2.05) is 30.3 Å². The van der Waals surface area contributed by atoms with Crippen molar-refractivity contribution in [1.82, 2.24) is 14.3 Å². The maximum absolute atomic E-state index is 13.2. The normalized spacial score (nSPS) is 12.1. The highest BCUT2D eigenvalue weighted by atomic mass is 32.2. The zero-order chi connectivity index (χ0) is 22.2. The number of fused-ring (bicyclic) bond motifs is 3. The minimum atomic E-state index is -3.79. The Morgan fingerprint density at radius 3 is 2.58 bits per heavy atom. The number of rotatable bonds is 7. The SMILES string of the molecule is CN(Cc1ccccc1)S(=O)(=O)c1ccc2[nH]c(=O)c3[nH]cc(CCC(=O)O)c3c2c1. The first-order valence-electron chi connectivity index (χ1n) is 9.65. The topological polar surface area (TPSA) is 123 Å². The molecule has 0 aliphatic rings. The third kappa shape index (κ3) is 3.97. The van der Waals surface area contributed by atoms with Gasteiger partial charge in [-0.05, 0) is 35.7 Å². The van der Waals surface area contributed by atoms with Crippen LogP contribution in [-0.4, -0.2) is 40.8 Å². The van der Waals surface area contributed by atoms with Crippen molar-refractivity contribution in [2.24, 2.45) is 0 Å². The van der Waals surface area contributed by atoms with E-state index in [0.717, 1.165) is 5.56 Å². The molecule has 0 unspecified atom stereocenters. The number of sulfonamides is 1. The van der Waals surface area contributed by atoms with Crippen LogP contribution in [0.25, 0.3) is 21.8 Å². The second kappa shape index (κ2) is 8.01. The van der Waals surface area contributed by atoms with E-state index in [-0.39, 0.29) is 29.8 Å². The van der Waals surface area contributed by atoms with Crippen LogP contribution < -0.4 is 5.56 Å². The fraction of sp³-hybridized carbons (Fsp3) is 0.182. The van der Waals surface area contributed by atoms with Gasteiger partial charge in [0.15, 0.2) is 0 Å². The summed E-state index contributed by atoms with van der Waals surface area (Å²) in [4.78, 5) is 29.1. The summed E-state index contributed by atoms with van der Waals surface area (Å²) in [6.45, 7) is 0.219. The van der Waals surface area contributed by atoms with Crippen molar-refractivity contribution in [2.45, 2.75) is 24.3 Å². The number of carbonyl (C=O) groups is 1. The first-order valence-corrected chi connectivity index (χ1v) is 11.1. The average Bonchev–Trinajstić information content (AvgIpc) is 3.18. The van der Waals surface area contributed by atoms with Crippen molar-refractivity contribution >= 4 is 37.8 Å². The average molecular weight is 439 g/mol. The number of benzene rings is 2. The predicted octanol–water partition coefficient (Wildman–Crippen LogP) is 2.85. The van der Waals surface area contributed by atoms with E-state index < -0.39 is 16.0 Å². The van der Waals surface area contributed by atoms with Gasteiger partial charge in [-0.25, -0.2) is 8.42 Å². The van der Waals surface area contributed by atoms with Gasteiger partial charge in [-0.3, -0.25) is 9.59 Å². The summed E-state index contributed by atoms with van der Waals surface area (Å²) in [7, 11) is -2.27. The molecule has 0 aliphatic heterocycles. The molecule has 4 rings (SSSR count). The molecule has 9 heteroatoms. The summed E-state index contributed by atoms with van der Waals surface area (Å²) >= 11 is 0. The van der Waals surface area contributed by atoms with Crippen LogP contribution in [0, 0.1) is 0 Å². The van der Waals surface area contributed by atoms with Crippen LogP contribution >= 0.6 is 0 Å². The number of carboxylic acids is 1. The van der Waals surface area contributed by atoms with Crippen LogP contribution in [0.2, 0.25) is 0 Å². The van der Waals surface area contributed by atoms with Crippen molar-refractivity contribution < 1.29 is 18.3 Å². The molecule has 31 heavy (non-hydrogen) atoms. The molecule has 160 valence electrons. The molecule has 0 bridgehead atoms. The second-order valence-corrected chi connectivity index (χ2v) is 9.41. The largest absolute Gasteiger partial charge is 0.481 e. The number of aromatic nitrogens is 2. The highest BCUT2D eigenvalue weighted by molar-refractivity contribution is 7.89. The summed E-state index contributed by atoms with van der Waals surface area (Å²) in [6.07, 6.45) is 1.73. The Morgan fingerprint density at radius 1 is 1.13 bits per heavy atom. The molecule has 0 amide bonds. The van der Waals surface area contributed by atoms with Crippen molar-refractivity contribution in [1.29, 1.82) is 0 Å². The Hall–Kier alpha value is -3.43. The van der Waals surface area contributed by atoms with Crippen LogP contribution in [-0.2, 0) is 27.8 Å². The van der Waals surface area contributed by atoms with Gasteiger partial charge in [0.25, 0.3) is 5.56 Å². The lowest BCUT2D eigenvalue weighted by Gasteiger charge is -2.18. The molecule has 4 aromatic rings. The Bertz CT molecular complexity index is 1440. The van der Waals surface area contributed by atoms with Gasteiger partial charge in [0.05, 0.1) is 4.90 Å². The van der Waals surface area contributed by atoms with Crippen LogP contribution in [0.3, 0.4) is 0 Å². The van der Waals surface area contributed by atoms with E-state index in [1.165, 1.54) is 23.5 Å². The van der Waals surface area contributed by atoms with Gasteiger partial charge in [0.2, 0.25) is 10.0 Å². The molecule has 0 atom stereocenters. The number of nitrogens with one attached hydrogen (secondary N) is 2. The molecule has 0 radical (unpaired) electrons. The molecule has 0 aliphatic carbocycles. The van der Waals surface area contributed by atoms with E-state index in [2.05, 4.69) is 9.97 Å². The summed E-state index contributed by atoms with van der Waals surface area (Å²) < 4.78 is 27.7. The molecule has 2 aromatic carbocycles. The number of nitrogens with zero attached hydrogens (tertiary/aromatic N) is 1. The molecule has 0 fully saturated rings. The molecular formula is C22H21N3O5S. The summed E-state index contributed by atoms with van der Waals surface area (Å²) in [5.41, 5.74) is 1.95. The van der Waals surface area contributed by atoms with E-state index in [9.17, 15) is 18.0 Å². The monoisotopic (exact) mass is 439 g/mol. The maximum Gasteiger partial charge on any atom is 0.303 e. The predicted molar refractivity (Wildman–Crippen MR) is 117 cm³/mol. The van der Waals surface area contributed by atoms with Gasteiger partial charge >= 0.3 is 5.97 Å². The first kappa shape index (κ1) is 20.8. The Morgan fingerprint density at radius 2 is 1.87 bits per heavy atom. The summed E-state index contributed by atoms with van der Waals surface area (Å²) in [5, 5.41) is 10.1. The number of H-pyrrole nitrogens is 2. The Kier molecular flexibility index (Phi) is 5.38. The Balaban J connectivity index is 1.81.